The Bertz CT molecular complexity index is 183. The molecule has 2 rings (SSSR count). The second-order valence-corrected chi connectivity index (χ2v) is 3.05. The van der Waals surface area contributed by atoms with E-state index in [1.165, 1.54) is 0 Å². The topological polar surface area (TPSA) is 41.6 Å². The Morgan fingerprint density at radius 2 is 2.55 bits per heavy atom. The van der Waals surface area contributed by atoms with Crippen molar-refractivity contribution in [2.45, 2.75) is 19.1 Å². The van der Waals surface area contributed by atoms with Gasteiger partial charge in [0.15, 0.2) is 0 Å². The minimum atomic E-state index is -0.149. The lowest BCUT2D eigenvalue weighted by Crippen LogP contribution is -2.51. The van der Waals surface area contributed by atoms with E-state index in [9.17, 15) is 4.79 Å². The van der Waals surface area contributed by atoms with E-state index in [1.807, 2.05) is 6.92 Å². The van der Waals surface area contributed by atoms with Gasteiger partial charge in [-0.05, 0) is 6.92 Å². The normalized spacial score (nSPS) is 36.8. The van der Waals surface area contributed by atoms with Gasteiger partial charge in [-0.25, -0.2) is 4.79 Å². The van der Waals surface area contributed by atoms with Crippen LogP contribution in [0.1, 0.15) is 6.92 Å². The molecule has 0 aliphatic carbocycles. The van der Waals surface area contributed by atoms with E-state index in [2.05, 4.69) is 5.32 Å². The zero-order chi connectivity index (χ0) is 7.84. The van der Waals surface area contributed by atoms with Crippen LogP contribution in [0.25, 0.3) is 0 Å². The van der Waals surface area contributed by atoms with E-state index in [0.717, 1.165) is 19.6 Å². The van der Waals surface area contributed by atoms with E-state index in [-0.39, 0.29) is 18.2 Å². The molecular weight excluding hydrogens is 144 g/mol. The first-order valence-electron chi connectivity index (χ1n) is 3.97. The van der Waals surface area contributed by atoms with Crippen molar-refractivity contribution in [1.29, 1.82) is 0 Å². The van der Waals surface area contributed by atoms with Crippen LogP contribution in [0.2, 0.25) is 0 Å². The van der Waals surface area contributed by atoms with Crippen LogP contribution in [0.3, 0.4) is 0 Å². The Morgan fingerprint density at radius 3 is 3.27 bits per heavy atom. The lowest BCUT2D eigenvalue weighted by Gasteiger charge is -2.28. The third kappa shape index (κ3) is 0.976. The minimum Gasteiger partial charge on any atom is -0.444 e. The van der Waals surface area contributed by atoms with E-state index < -0.39 is 0 Å². The zero-order valence-electron chi connectivity index (χ0n) is 6.54. The van der Waals surface area contributed by atoms with Crippen LogP contribution in [-0.4, -0.2) is 42.8 Å². The Balaban J connectivity index is 2.13. The molecular formula is C7H12N2O2. The van der Waals surface area contributed by atoms with Gasteiger partial charge >= 0.3 is 6.09 Å². The first-order valence-corrected chi connectivity index (χ1v) is 3.97. The molecule has 2 aliphatic heterocycles. The average Bonchev–Trinajstić information content (AvgIpc) is 2.30. The van der Waals surface area contributed by atoms with Crippen LogP contribution in [0, 0.1) is 0 Å². The summed E-state index contributed by atoms with van der Waals surface area (Å²) in [5.41, 5.74) is 0. The maximum Gasteiger partial charge on any atom is 0.410 e. The maximum absolute atomic E-state index is 11.1. The van der Waals surface area contributed by atoms with Crippen LogP contribution in [-0.2, 0) is 4.74 Å². The molecule has 2 aliphatic rings. The summed E-state index contributed by atoms with van der Waals surface area (Å²) in [7, 11) is 0. The SMILES string of the molecule is CC1OC(=O)N2CCNC[C@@H]12. The molecule has 1 N–H and O–H groups in total. The van der Waals surface area contributed by atoms with Gasteiger partial charge in [-0.3, -0.25) is 4.90 Å². The quantitative estimate of drug-likeness (QED) is 0.528. The van der Waals surface area contributed by atoms with E-state index >= 15 is 0 Å². The van der Waals surface area contributed by atoms with Crippen molar-refractivity contribution >= 4 is 6.09 Å². The first-order chi connectivity index (χ1) is 5.29. The minimum absolute atomic E-state index is 0.0512. The summed E-state index contributed by atoms with van der Waals surface area (Å²) in [5, 5.41) is 3.23. The maximum atomic E-state index is 11.1. The lowest BCUT2D eigenvalue weighted by atomic mass is 10.1. The Kier molecular flexibility index (Phi) is 1.49. The third-order valence-corrected chi connectivity index (χ3v) is 2.35. The second kappa shape index (κ2) is 2.37. The van der Waals surface area contributed by atoms with Gasteiger partial charge < -0.3 is 10.1 Å². The largest absolute Gasteiger partial charge is 0.444 e. The summed E-state index contributed by atoms with van der Waals surface area (Å²) in [4.78, 5) is 12.9. The number of nitrogens with one attached hydrogen (secondary N) is 1. The van der Waals surface area contributed by atoms with Crippen molar-refractivity contribution < 1.29 is 9.53 Å². The van der Waals surface area contributed by atoms with Crippen molar-refractivity contribution in [2.24, 2.45) is 0 Å². The molecule has 0 saturated carbocycles. The highest BCUT2D eigenvalue weighted by atomic mass is 16.6. The van der Waals surface area contributed by atoms with Gasteiger partial charge in [-0.1, -0.05) is 0 Å². The third-order valence-electron chi connectivity index (χ3n) is 2.35. The van der Waals surface area contributed by atoms with Crippen LogP contribution < -0.4 is 5.32 Å². The number of fused-ring (bicyclic) bond motifs is 1. The van der Waals surface area contributed by atoms with Gasteiger partial charge in [0.05, 0.1) is 6.04 Å². The summed E-state index contributed by atoms with van der Waals surface area (Å²) in [6, 6.07) is 0.260. The fraction of sp³-hybridized carbons (Fsp3) is 0.857. The predicted octanol–water partition coefficient (Wildman–Crippen LogP) is -0.201. The summed E-state index contributed by atoms with van der Waals surface area (Å²) < 4.78 is 5.06. The van der Waals surface area contributed by atoms with E-state index in [1.54, 1.807) is 4.90 Å². The second-order valence-electron chi connectivity index (χ2n) is 3.05. The molecule has 4 nitrogen and oxygen atoms in total. The summed E-state index contributed by atoms with van der Waals surface area (Å²) in [6.45, 7) is 4.48. The molecule has 0 radical (unpaired) electrons. The van der Waals surface area contributed by atoms with Crippen molar-refractivity contribution in [3.05, 3.63) is 0 Å². The molecule has 0 bridgehead atoms. The van der Waals surface area contributed by atoms with Gasteiger partial charge in [0, 0.05) is 19.6 Å². The first kappa shape index (κ1) is 6.91. The molecule has 0 aromatic rings. The number of amides is 1. The predicted molar refractivity (Wildman–Crippen MR) is 39.3 cm³/mol. The molecule has 11 heavy (non-hydrogen) atoms. The molecule has 0 spiro atoms. The Hall–Kier alpha value is -0.770. The van der Waals surface area contributed by atoms with Gasteiger partial charge in [0.2, 0.25) is 0 Å². The molecule has 2 saturated heterocycles. The van der Waals surface area contributed by atoms with Crippen LogP contribution in [0.4, 0.5) is 4.79 Å². The summed E-state index contributed by atoms with van der Waals surface area (Å²) >= 11 is 0. The van der Waals surface area contributed by atoms with Crippen LogP contribution in [0.15, 0.2) is 0 Å². The van der Waals surface area contributed by atoms with Gasteiger partial charge in [-0.15, -0.1) is 0 Å². The van der Waals surface area contributed by atoms with E-state index in [4.69, 9.17) is 4.74 Å². The number of nitrogens with zero attached hydrogens (tertiary/aromatic N) is 1. The molecule has 2 fully saturated rings. The lowest BCUT2D eigenvalue weighted by molar-refractivity contribution is 0.138. The number of carbonyl (C=O) groups is 1. The van der Waals surface area contributed by atoms with Crippen LogP contribution in [0.5, 0.6) is 0 Å². The average molecular weight is 156 g/mol. The highest BCUT2D eigenvalue weighted by Gasteiger charge is 2.39. The number of hydrogen-bond donors (Lipinski definition) is 1. The fourth-order valence-corrected chi connectivity index (χ4v) is 1.68. The number of piperazine rings is 1. The Labute approximate surface area is 65.5 Å². The van der Waals surface area contributed by atoms with Crippen molar-refractivity contribution in [1.82, 2.24) is 10.2 Å². The van der Waals surface area contributed by atoms with Crippen molar-refractivity contribution in [3.63, 3.8) is 0 Å². The highest BCUT2D eigenvalue weighted by molar-refractivity contribution is 5.70. The Morgan fingerprint density at radius 1 is 1.73 bits per heavy atom. The summed E-state index contributed by atoms with van der Waals surface area (Å²) in [5.74, 6) is 0. The van der Waals surface area contributed by atoms with Gasteiger partial charge in [-0.2, -0.15) is 0 Å². The molecule has 4 heteroatoms. The molecule has 2 atom stereocenters. The smallest absolute Gasteiger partial charge is 0.410 e. The molecule has 0 aromatic carbocycles. The van der Waals surface area contributed by atoms with Crippen LogP contribution >= 0.6 is 0 Å². The molecule has 1 amide bonds. The number of carbonyl (C=O) groups excluding carboxylic acids is 1. The standard InChI is InChI=1S/C7H12N2O2/c1-5-6-4-8-2-3-9(6)7(10)11-5/h5-6,8H,2-4H2,1H3/t5?,6-/m0/s1. The number of ether oxygens (including phenoxy) is 1. The number of cyclic esters (lactones) is 1. The van der Waals surface area contributed by atoms with Crippen molar-refractivity contribution in [3.8, 4) is 0 Å². The van der Waals surface area contributed by atoms with Gasteiger partial charge in [0.1, 0.15) is 6.10 Å². The highest BCUT2D eigenvalue weighted by Crippen LogP contribution is 2.19. The number of rotatable bonds is 0. The molecule has 0 aromatic heterocycles. The molecule has 1 unspecified atom stereocenters. The number of hydrogen-bond acceptors (Lipinski definition) is 3. The zero-order valence-corrected chi connectivity index (χ0v) is 6.54. The van der Waals surface area contributed by atoms with E-state index in [0.29, 0.717) is 0 Å². The fourth-order valence-electron chi connectivity index (χ4n) is 1.68. The summed E-state index contributed by atoms with van der Waals surface area (Å²) in [6.07, 6.45) is -0.0979. The monoisotopic (exact) mass is 156 g/mol. The van der Waals surface area contributed by atoms with Crippen molar-refractivity contribution in [2.75, 3.05) is 19.6 Å². The van der Waals surface area contributed by atoms with Gasteiger partial charge in [0.25, 0.3) is 0 Å². The molecule has 2 heterocycles. The molecule has 62 valence electrons.